The van der Waals surface area contributed by atoms with Crippen LogP contribution in [0.25, 0.3) is 0 Å². The summed E-state index contributed by atoms with van der Waals surface area (Å²) in [6, 6.07) is 7.36. The Morgan fingerprint density at radius 1 is 1.19 bits per heavy atom. The monoisotopic (exact) mass is 472 g/mol. The van der Waals surface area contributed by atoms with Gasteiger partial charge < -0.3 is 10.4 Å². The lowest BCUT2D eigenvalue weighted by atomic mass is 9.86. The van der Waals surface area contributed by atoms with Crippen molar-refractivity contribution in [3.05, 3.63) is 81.9 Å². The molecule has 1 aromatic heterocycles. The largest absolute Gasteiger partial charge is 0.416 e. The third kappa shape index (κ3) is 5.17. The SMILES string of the molecule is C[C@H](NC(=O)c1ccc(C(F)(F)F)cc1)[C@@](O)(Cn1cncn1)c1ccc(Cl)cc1Cl. The summed E-state index contributed by atoms with van der Waals surface area (Å²) in [5.74, 6) is -0.664. The van der Waals surface area contributed by atoms with Gasteiger partial charge in [0.05, 0.1) is 18.2 Å². The number of benzene rings is 2. The fraction of sp³-hybridized carbons (Fsp3) is 0.250. The van der Waals surface area contributed by atoms with Gasteiger partial charge in [0.1, 0.15) is 18.3 Å². The maximum atomic E-state index is 12.8. The van der Waals surface area contributed by atoms with Crippen molar-refractivity contribution in [1.29, 1.82) is 0 Å². The van der Waals surface area contributed by atoms with E-state index in [-0.39, 0.29) is 22.7 Å². The lowest BCUT2D eigenvalue weighted by molar-refractivity contribution is -0.137. The molecule has 2 N–H and O–H groups in total. The molecular weight excluding hydrogens is 456 g/mol. The Kier molecular flexibility index (Phi) is 6.59. The molecular formula is C20H17Cl2F3N4O2. The fourth-order valence-electron chi connectivity index (χ4n) is 3.07. The van der Waals surface area contributed by atoms with Crippen LogP contribution in [0.5, 0.6) is 0 Å². The van der Waals surface area contributed by atoms with Gasteiger partial charge in [0.25, 0.3) is 5.91 Å². The molecule has 3 rings (SSSR count). The number of carbonyl (C=O) groups excluding carboxylic acids is 1. The highest BCUT2D eigenvalue weighted by Crippen LogP contribution is 2.35. The molecule has 0 radical (unpaired) electrons. The summed E-state index contributed by atoms with van der Waals surface area (Å²) >= 11 is 12.3. The van der Waals surface area contributed by atoms with Crippen molar-refractivity contribution in [2.75, 3.05) is 0 Å². The van der Waals surface area contributed by atoms with Crippen LogP contribution in [0.4, 0.5) is 13.2 Å². The van der Waals surface area contributed by atoms with E-state index in [4.69, 9.17) is 23.2 Å². The summed E-state index contributed by atoms with van der Waals surface area (Å²) < 4.78 is 39.6. The minimum atomic E-state index is -4.51. The lowest BCUT2D eigenvalue weighted by Gasteiger charge is -2.35. The molecule has 31 heavy (non-hydrogen) atoms. The zero-order chi connectivity index (χ0) is 22.8. The number of aromatic nitrogens is 3. The number of nitrogens with one attached hydrogen (secondary N) is 1. The number of alkyl halides is 3. The van der Waals surface area contributed by atoms with E-state index in [1.807, 2.05) is 0 Å². The highest BCUT2D eigenvalue weighted by Gasteiger charge is 2.39. The lowest BCUT2D eigenvalue weighted by Crippen LogP contribution is -2.51. The summed E-state index contributed by atoms with van der Waals surface area (Å²) in [6.45, 7) is 1.44. The predicted molar refractivity (Wildman–Crippen MR) is 109 cm³/mol. The first-order valence-electron chi connectivity index (χ1n) is 8.99. The predicted octanol–water partition coefficient (Wildman–Crippen LogP) is 4.31. The summed E-state index contributed by atoms with van der Waals surface area (Å²) in [5.41, 5.74) is -2.32. The van der Waals surface area contributed by atoms with Gasteiger partial charge in [-0.1, -0.05) is 29.3 Å². The minimum absolute atomic E-state index is 0.00478. The first kappa shape index (κ1) is 23.1. The molecule has 0 saturated heterocycles. The second kappa shape index (κ2) is 8.86. The Hall–Kier alpha value is -2.62. The molecule has 3 aromatic rings. The molecule has 164 valence electrons. The van der Waals surface area contributed by atoms with Crippen LogP contribution in [0, 0.1) is 0 Å². The van der Waals surface area contributed by atoms with Gasteiger partial charge >= 0.3 is 6.18 Å². The van der Waals surface area contributed by atoms with E-state index in [0.29, 0.717) is 5.02 Å². The Morgan fingerprint density at radius 3 is 2.42 bits per heavy atom. The first-order chi connectivity index (χ1) is 14.5. The second-order valence-electron chi connectivity index (χ2n) is 6.91. The van der Waals surface area contributed by atoms with E-state index in [2.05, 4.69) is 15.4 Å². The highest BCUT2D eigenvalue weighted by molar-refractivity contribution is 6.35. The third-order valence-corrected chi connectivity index (χ3v) is 5.35. The number of aliphatic hydroxyl groups is 1. The zero-order valence-corrected chi connectivity index (χ0v) is 17.6. The number of hydrogen-bond acceptors (Lipinski definition) is 4. The molecule has 6 nitrogen and oxygen atoms in total. The minimum Gasteiger partial charge on any atom is -0.381 e. The number of carbonyl (C=O) groups is 1. The highest BCUT2D eigenvalue weighted by atomic mass is 35.5. The van der Waals surface area contributed by atoms with Crippen molar-refractivity contribution < 1.29 is 23.1 Å². The molecule has 0 aliphatic rings. The average Bonchev–Trinajstić information content (AvgIpc) is 3.19. The molecule has 11 heteroatoms. The van der Waals surface area contributed by atoms with Crippen LogP contribution in [0.3, 0.4) is 0 Å². The smallest absolute Gasteiger partial charge is 0.381 e. The van der Waals surface area contributed by atoms with Crippen LogP contribution in [-0.4, -0.2) is 31.8 Å². The van der Waals surface area contributed by atoms with Gasteiger partial charge in [-0.25, -0.2) is 9.67 Å². The number of rotatable bonds is 6. The van der Waals surface area contributed by atoms with Crippen molar-refractivity contribution in [2.24, 2.45) is 0 Å². The molecule has 0 aliphatic carbocycles. The molecule has 0 saturated carbocycles. The van der Waals surface area contributed by atoms with Crippen LogP contribution < -0.4 is 5.32 Å². The zero-order valence-electron chi connectivity index (χ0n) is 16.1. The first-order valence-corrected chi connectivity index (χ1v) is 9.75. The van der Waals surface area contributed by atoms with Crippen molar-refractivity contribution in [1.82, 2.24) is 20.1 Å². The van der Waals surface area contributed by atoms with Crippen LogP contribution in [0.1, 0.15) is 28.4 Å². The quantitative estimate of drug-likeness (QED) is 0.560. The topological polar surface area (TPSA) is 80.0 Å². The van der Waals surface area contributed by atoms with Crippen LogP contribution in [0.2, 0.25) is 10.0 Å². The Balaban J connectivity index is 1.89. The van der Waals surface area contributed by atoms with E-state index >= 15 is 0 Å². The van der Waals surface area contributed by atoms with Gasteiger partial charge in [0.15, 0.2) is 0 Å². The second-order valence-corrected chi connectivity index (χ2v) is 7.76. The number of halogens is 5. The van der Waals surface area contributed by atoms with Gasteiger partial charge in [-0.2, -0.15) is 18.3 Å². The van der Waals surface area contributed by atoms with E-state index in [0.717, 1.165) is 24.3 Å². The van der Waals surface area contributed by atoms with E-state index in [9.17, 15) is 23.1 Å². The van der Waals surface area contributed by atoms with E-state index in [1.165, 1.54) is 29.5 Å². The standard InChI is InChI=1S/C20H17Cl2F3N4O2/c1-12(28-18(30)13-2-4-14(5-3-13)20(23,24)25)19(31,9-29-11-26-10-27-29)16-7-6-15(21)8-17(16)22/h2-8,10-12,31H,9H2,1H3,(H,28,30)/t12-,19-/m0/s1. The molecule has 0 aliphatic heterocycles. The van der Waals surface area contributed by atoms with Gasteiger partial charge in [0.2, 0.25) is 0 Å². The van der Waals surface area contributed by atoms with Crippen molar-refractivity contribution in [3.8, 4) is 0 Å². The number of amides is 1. The maximum absolute atomic E-state index is 12.8. The van der Waals surface area contributed by atoms with Crippen LogP contribution in [-0.2, 0) is 18.3 Å². The van der Waals surface area contributed by atoms with Crippen molar-refractivity contribution in [3.63, 3.8) is 0 Å². The van der Waals surface area contributed by atoms with Gasteiger partial charge in [-0.15, -0.1) is 0 Å². The average molecular weight is 473 g/mol. The summed E-state index contributed by atoms with van der Waals surface area (Å²) in [6.07, 6.45) is -1.83. The normalized spacial score (nSPS) is 14.7. The fourth-order valence-corrected chi connectivity index (χ4v) is 3.64. The Bertz CT molecular complexity index is 1060. The molecule has 0 fully saturated rings. The molecule has 2 aromatic carbocycles. The summed E-state index contributed by atoms with van der Waals surface area (Å²) in [5, 5.41) is 18.7. The molecule has 0 bridgehead atoms. The van der Waals surface area contributed by atoms with Gasteiger partial charge in [0, 0.05) is 21.2 Å². The van der Waals surface area contributed by atoms with E-state index < -0.39 is 29.3 Å². The molecule has 1 heterocycles. The third-order valence-electron chi connectivity index (χ3n) is 4.81. The van der Waals surface area contributed by atoms with Crippen molar-refractivity contribution >= 4 is 29.1 Å². The summed E-state index contributed by atoms with van der Waals surface area (Å²) in [4.78, 5) is 16.5. The molecule has 2 atom stereocenters. The Morgan fingerprint density at radius 2 is 1.87 bits per heavy atom. The number of hydrogen-bond donors (Lipinski definition) is 2. The van der Waals surface area contributed by atoms with Gasteiger partial charge in [-0.05, 0) is 43.3 Å². The number of nitrogens with zero attached hydrogens (tertiary/aromatic N) is 3. The van der Waals surface area contributed by atoms with Crippen LogP contribution in [0.15, 0.2) is 55.1 Å². The molecule has 0 spiro atoms. The van der Waals surface area contributed by atoms with Crippen LogP contribution >= 0.6 is 23.2 Å². The molecule has 0 unspecified atom stereocenters. The van der Waals surface area contributed by atoms with Gasteiger partial charge in [-0.3, -0.25) is 4.79 Å². The maximum Gasteiger partial charge on any atom is 0.416 e. The Labute approximate surface area is 185 Å². The summed E-state index contributed by atoms with van der Waals surface area (Å²) in [7, 11) is 0. The molecule has 1 amide bonds. The van der Waals surface area contributed by atoms with E-state index in [1.54, 1.807) is 13.0 Å². The van der Waals surface area contributed by atoms with Crippen molar-refractivity contribution in [2.45, 2.75) is 31.3 Å².